The molecule has 0 spiro atoms. The number of hydrogen-bond donors (Lipinski definition) is 1. The number of rotatable bonds is 7. The predicted octanol–water partition coefficient (Wildman–Crippen LogP) is 3.55. The van der Waals surface area contributed by atoms with Crippen molar-refractivity contribution in [3.63, 3.8) is 0 Å². The quantitative estimate of drug-likeness (QED) is 0.826. The Morgan fingerprint density at radius 1 is 1.40 bits per heavy atom. The van der Waals surface area contributed by atoms with E-state index in [1.807, 2.05) is 13.0 Å². The maximum atomic E-state index is 5.98. The lowest BCUT2D eigenvalue weighted by molar-refractivity contribution is 0.0606. The molecule has 3 unspecified atom stereocenters. The molecule has 1 aliphatic heterocycles. The van der Waals surface area contributed by atoms with Gasteiger partial charge in [0.15, 0.2) is 0 Å². The highest BCUT2D eigenvalue weighted by atomic mass is 16.5. The Kier molecular flexibility index (Phi) is 5.86. The maximum absolute atomic E-state index is 5.98. The Bertz CT molecular complexity index is 408. The van der Waals surface area contributed by atoms with Crippen LogP contribution in [0.25, 0.3) is 0 Å². The summed E-state index contributed by atoms with van der Waals surface area (Å²) in [7, 11) is 0. The van der Waals surface area contributed by atoms with E-state index in [-0.39, 0.29) is 12.1 Å². The average molecular weight is 277 g/mol. The third-order valence-corrected chi connectivity index (χ3v) is 3.92. The van der Waals surface area contributed by atoms with E-state index in [1.54, 1.807) is 0 Å². The van der Waals surface area contributed by atoms with Crippen LogP contribution in [-0.2, 0) is 4.74 Å². The lowest BCUT2D eigenvalue weighted by atomic mass is 9.92. The molecular formula is C17H27NO2. The molecule has 2 rings (SSSR count). The zero-order valence-electron chi connectivity index (χ0n) is 12.9. The van der Waals surface area contributed by atoms with E-state index in [0.29, 0.717) is 12.5 Å². The summed E-state index contributed by atoms with van der Waals surface area (Å²) in [6.07, 6.45) is 2.54. The third kappa shape index (κ3) is 3.74. The molecular weight excluding hydrogens is 250 g/mol. The third-order valence-electron chi connectivity index (χ3n) is 3.92. The number of benzene rings is 1. The van der Waals surface area contributed by atoms with Gasteiger partial charge >= 0.3 is 0 Å². The summed E-state index contributed by atoms with van der Waals surface area (Å²) in [5, 5.41) is 3.65. The summed E-state index contributed by atoms with van der Waals surface area (Å²) in [6.45, 7) is 9.08. The maximum Gasteiger partial charge on any atom is 0.119 e. The van der Waals surface area contributed by atoms with Gasteiger partial charge < -0.3 is 14.8 Å². The van der Waals surface area contributed by atoms with Gasteiger partial charge in [-0.05, 0) is 49.9 Å². The second-order valence-corrected chi connectivity index (χ2v) is 5.54. The molecule has 1 aromatic rings. The lowest BCUT2D eigenvalue weighted by Crippen LogP contribution is -2.35. The molecule has 112 valence electrons. The molecule has 1 aromatic carbocycles. The lowest BCUT2D eigenvalue weighted by Gasteiger charge is -2.28. The van der Waals surface area contributed by atoms with Gasteiger partial charge in [-0.1, -0.05) is 26.0 Å². The molecule has 3 nitrogen and oxygen atoms in total. The van der Waals surface area contributed by atoms with Crippen molar-refractivity contribution in [1.82, 2.24) is 5.32 Å². The fourth-order valence-corrected chi connectivity index (χ4v) is 2.83. The summed E-state index contributed by atoms with van der Waals surface area (Å²) in [5.41, 5.74) is 1.27. The standard InChI is InChI=1S/C17H27NO2/c1-4-10-18-16(17-13(3)9-11-20-17)14-7-6-8-15(12-14)19-5-2/h6-8,12-13,16-18H,4-5,9-11H2,1-3H3. The molecule has 0 bridgehead atoms. The first-order valence-electron chi connectivity index (χ1n) is 7.84. The normalized spacial score (nSPS) is 23.8. The Hall–Kier alpha value is -1.06. The van der Waals surface area contributed by atoms with Gasteiger partial charge in [-0.25, -0.2) is 0 Å². The van der Waals surface area contributed by atoms with E-state index in [4.69, 9.17) is 9.47 Å². The smallest absolute Gasteiger partial charge is 0.119 e. The van der Waals surface area contributed by atoms with Crippen LogP contribution >= 0.6 is 0 Å². The van der Waals surface area contributed by atoms with Gasteiger partial charge in [0, 0.05) is 6.61 Å². The van der Waals surface area contributed by atoms with Crippen LogP contribution in [0.2, 0.25) is 0 Å². The highest BCUT2D eigenvalue weighted by molar-refractivity contribution is 5.31. The zero-order valence-corrected chi connectivity index (χ0v) is 12.9. The van der Waals surface area contributed by atoms with Gasteiger partial charge in [0.25, 0.3) is 0 Å². The van der Waals surface area contributed by atoms with Crippen molar-refractivity contribution in [3.8, 4) is 5.75 Å². The van der Waals surface area contributed by atoms with Crippen molar-refractivity contribution < 1.29 is 9.47 Å². The minimum absolute atomic E-state index is 0.257. The molecule has 1 fully saturated rings. The first kappa shape index (κ1) is 15.3. The van der Waals surface area contributed by atoms with Crippen molar-refractivity contribution in [2.24, 2.45) is 5.92 Å². The van der Waals surface area contributed by atoms with E-state index in [9.17, 15) is 0 Å². The van der Waals surface area contributed by atoms with Crippen LogP contribution in [0.3, 0.4) is 0 Å². The summed E-state index contributed by atoms with van der Waals surface area (Å²) < 4.78 is 11.6. The van der Waals surface area contributed by atoms with Gasteiger partial charge in [0.05, 0.1) is 18.8 Å². The minimum atomic E-state index is 0.257. The van der Waals surface area contributed by atoms with Gasteiger partial charge in [-0.3, -0.25) is 0 Å². The molecule has 3 atom stereocenters. The predicted molar refractivity (Wildman–Crippen MR) is 82.2 cm³/mol. The number of hydrogen-bond acceptors (Lipinski definition) is 3. The van der Waals surface area contributed by atoms with E-state index < -0.39 is 0 Å². The molecule has 3 heteroatoms. The topological polar surface area (TPSA) is 30.5 Å². The Morgan fingerprint density at radius 2 is 2.25 bits per heavy atom. The van der Waals surface area contributed by atoms with E-state index in [1.165, 1.54) is 5.56 Å². The molecule has 1 heterocycles. The van der Waals surface area contributed by atoms with Crippen LogP contribution in [0, 0.1) is 5.92 Å². The van der Waals surface area contributed by atoms with Crippen molar-refractivity contribution in [2.45, 2.75) is 45.8 Å². The second-order valence-electron chi connectivity index (χ2n) is 5.54. The number of ether oxygens (including phenoxy) is 2. The van der Waals surface area contributed by atoms with Crippen LogP contribution < -0.4 is 10.1 Å². The number of nitrogens with one attached hydrogen (secondary N) is 1. The first-order valence-corrected chi connectivity index (χ1v) is 7.84. The SMILES string of the molecule is CCCNC(c1cccc(OCC)c1)C1OCCC1C. The Morgan fingerprint density at radius 3 is 2.90 bits per heavy atom. The van der Waals surface area contributed by atoms with Crippen molar-refractivity contribution >= 4 is 0 Å². The Balaban J connectivity index is 2.18. The minimum Gasteiger partial charge on any atom is -0.494 e. The summed E-state index contributed by atoms with van der Waals surface area (Å²) in [6, 6.07) is 8.66. The van der Waals surface area contributed by atoms with Crippen molar-refractivity contribution in [1.29, 1.82) is 0 Å². The summed E-state index contributed by atoms with van der Waals surface area (Å²) in [4.78, 5) is 0. The molecule has 0 amide bonds. The zero-order chi connectivity index (χ0) is 14.4. The van der Waals surface area contributed by atoms with Crippen LogP contribution in [0.15, 0.2) is 24.3 Å². The van der Waals surface area contributed by atoms with Gasteiger partial charge in [0.2, 0.25) is 0 Å². The fraction of sp³-hybridized carbons (Fsp3) is 0.647. The molecule has 0 saturated carbocycles. The van der Waals surface area contributed by atoms with Gasteiger partial charge in [0.1, 0.15) is 5.75 Å². The largest absolute Gasteiger partial charge is 0.494 e. The monoisotopic (exact) mass is 277 g/mol. The molecule has 1 aliphatic rings. The van der Waals surface area contributed by atoms with Crippen molar-refractivity contribution in [2.75, 3.05) is 19.8 Å². The summed E-state index contributed by atoms with van der Waals surface area (Å²) in [5.74, 6) is 1.54. The van der Waals surface area contributed by atoms with Crippen LogP contribution in [-0.4, -0.2) is 25.9 Å². The van der Waals surface area contributed by atoms with Crippen molar-refractivity contribution in [3.05, 3.63) is 29.8 Å². The highest BCUT2D eigenvalue weighted by Gasteiger charge is 2.32. The molecule has 0 aliphatic carbocycles. The molecule has 0 aromatic heterocycles. The van der Waals surface area contributed by atoms with E-state index in [0.717, 1.165) is 31.7 Å². The van der Waals surface area contributed by atoms with E-state index in [2.05, 4.69) is 37.4 Å². The highest BCUT2D eigenvalue weighted by Crippen LogP contribution is 2.32. The van der Waals surface area contributed by atoms with E-state index >= 15 is 0 Å². The van der Waals surface area contributed by atoms with Crippen LogP contribution in [0.5, 0.6) is 5.75 Å². The van der Waals surface area contributed by atoms with Crippen LogP contribution in [0.1, 0.15) is 45.2 Å². The molecule has 1 N–H and O–H groups in total. The average Bonchev–Trinajstić information content (AvgIpc) is 2.87. The molecule has 20 heavy (non-hydrogen) atoms. The molecule has 1 saturated heterocycles. The fourth-order valence-electron chi connectivity index (χ4n) is 2.83. The van der Waals surface area contributed by atoms with Gasteiger partial charge in [-0.2, -0.15) is 0 Å². The van der Waals surface area contributed by atoms with Gasteiger partial charge in [-0.15, -0.1) is 0 Å². The second kappa shape index (κ2) is 7.65. The first-order chi connectivity index (χ1) is 9.76. The summed E-state index contributed by atoms with van der Waals surface area (Å²) >= 11 is 0. The van der Waals surface area contributed by atoms with Crippen LogP contribution in [0.4, 0.5) is 0 Å². The molecule has 0 radical (unpaired) electrons. The Labute approximate surface area is 122 Å².